The molecule has 2 amide bonds. The second-order valence-electron chi connectivity index (χ2n) is 4.90. The van der Waals surface area contributed by atoms with Crippen LogP contribution in [0.3, 0.4) is 0 Å². The van der Waals surface area contributed by atoms with Gasteiger partial charge in [0.25, 0.3) is 0 Å². The molecule has 22 heavy (non-hydrogen) atoms. The van der Waals surface area contributed by atoms with Crippen LogP contribution in [0.25, 0.3) is 0 Å². The van der Waals surface area contributed by atoms with Crippen LogP contribution in [0.1, 0.15) is 24.9 Å². The number of nitrogens with one attached hydrogen (secondary N) is 2. The zero-order chi connectivity index (χ0) is 15.9. The van der Waals surface area contributed by atoms with Gasteiger partial charge in [0.1, 0.15) is 0 Å². The third-order valence-electron chi connectivity index (χ3n) is 3.12. The molecule has 0 bridgehead atoms. The molecule has 2 rings (SSSR count). The summed E-state index contributed by atoms with van der Waals surface area (Å²) in [6.07, 6.45) is 0.189. The average molecular weight is 408 g/mol. The number of para-hydroxylation sites is 1. The molecular formula is C17H17IN2O2. The number of carbonyl (C=O) groups is 2. The van der Waals surface area contributed by atoms with E-state index in [4.69, 9.17) is 0 Å². The zero-order valence-corrected chi connectivity index (χ0v) is 14.3. The monoisotopic (exact) mass is 408 g/mol. The first kappa shape index (κ1) is 16.5. The summed E-state index contributed by atoms with van der Waals surface area (Å²) in [4.78, 5) is 23.6. The summed E-state index contributed by atoms with van der Waals surface area (Å²) in [7, 11) is 0. The van der Waals surface area contributed by atoms with E-state index in [0.717, 1.165) is 14.8 Å². The molecule has 0 fully saturated rings. The highest BCUT2D eigenvalue weighted by Gasteiger charge is 2.17. The summed E-state index contributed by atoms with van der Waals surface area (Å²) in [6, 6.07) is 16.7. The first-order chi connectivity index (χ1) is 10.6. The molecule has 0 heterocycles. The van der Waals surface area contributed by atoms with Crippen molar-refractivity contribution in [2.45, 2.75) is 19.4 Å². The summed E-state index contributed by atoms with van der Waals surface area (Å²) in [5.74, 6) is -0.289. The van der Waals surface area contributed by atoms with Crippen molar-refractivity contribution in [1.82, 2.24) is 5.32 Å². The van der Waals surface area contributed by atoms with Crippen LogP contribution in [-0.2, 0) is 9.59 Å². The van der Waals surface area contributed by atoms with Crippen molar-refractivity contribution in [2.24, 2.45) is 0 Å². The molecule has 1 atom stereocenters. The molecule has 2 N–H and O–H groups in total. The lowest BCUT2D eigenvalue weighted by atomic mass is 10.0. The molecule has 114 valence electrons. The maximum Gasteiger partial charge on any atom is 0.226 e. The minimum Gasteiger partial charge on any atom is -0.349 e. The highest BCUT2D eigenvalue weighted by Crippen LogP contribution is 2.20. The molecule has 5 heteroatoms. The first-order valence-corrected chi connectivity index (χ1v) is 8.00. The number of hydrogen-bond donors (Lipinski definition) is 2. The van der Waals surface area contributed by atoms with Crippen molar-refractivity contribution in [3.8, 4) is 0 Å². The lowest BCUT2D eigenvalue weighted by Crippen LogP contribution is -2.29. The first-order valence-electron chi connectivity index (χ1n) is 6.92. The van der Waals surface area contributed by atoms with E-state index in [9.17, 15) is 9.59 Å². The number of carbonyl (C=O) groups excluding carboxylic acids is 2. The zero-order valence-electron chi connectivity index (χ0n) is 12.2. The molecule has 0 aromatic heterocycles. The van der Waals surface area contributed by atoms with Gasteiger partial charge >= 0.3 is 0 Å². The van der Waals surface area contributed by atoms with Gasteiger partial charge in [-0.2, -0.15) is 0 Å². The molecule has 0 spiro atoms. The van der Waals surface area contributed by atoms with Crippen LogP contribution in [-0.4, -0.2) is 11.8 Å². The Hall–Kier alpha value is -1.89. The van der Waals surface area contributed by atoms with Gasteiger partial charge in [0, 0.05) is 10.5 Å². The second-order valence-corrected chi connectivity index (χ2v) is 6.06. The second kappa shape index (κ2) is 7.93. The fraction of sp³-hybridized carbons (Fsp3) is 0.176. The van der Waals surface area contributed by atoms with Gasteiger partial charge in [-0.1, -0.05) is 42.5 Å². The summed E-state index contributed by atoms with van der Waals surface area (Å²) in [5, 5.41) is 5.71. The lowest BCUT2D eigenvalue weighted by Gasteiger charge is -2.18. The van der Waals surface area contributed by atoms with Gasteiger partial charge in [-0.05, 0) is 40.3 Å². The van der Waals surface area contributed by atoms with Crippen LogP contribution < -0.4 is 10.6 Å². The topological polar surface area (TPSA) is 58.2 Å². The summed E-state index contributed by atoms with van der Waals surface area (Å²) in [6.45, 7) is 1.45. The number of halogens is 1. The van der Waals surface area contributed by atoms with Crippen LogP contribution in [0.15, 0.2) is 54.6 Å². The third kappa shape index (κ3) is 4.84. The maximum atomic E-state index is 12.3. The number of benzene rings is 2. The Morgan fingerprint density at radius 1 is 1.05 bits per heavy atom. The van der Waals surface area contributed by atoms with Crippen LogP contribution in [0, 0.1) is 3.57 Å². The van der Waals surface area contributed by atoms with E-state index in [1.54, 1.807) is 0 Å². The van der Waals surface area contributed by atoms with Crippen LogP contribution in [0.4, 0.5) is 5.69 Å². The van der Waals surface area contributed by atoms with E-state index in [1.165, 1.54) is 6.92 Å². The minimum atomic E-state index is -0.333. The van der Waals surface area contributed by atoms with E-state index in [-0.39, 0.29) is 24.3 Å². The normalized spacial score (nSPS) is 11.5. The van der Waals surface area contributed by atoms with Crippen molar-refractivity contribution in [3.63, 3.8) is 0 Å². The van der Waals surface area contributed by atoms with E-state index < -0.39 is 0 Å². The van der Waals surface area contributed by atoms with Gasteiger partial charge < -0.3 is 10.6 Å². The Labute approximate surface area is 143 Å². The van der Waals surface area contributed by atoms with Crippen molar-refractivity contribution >= 4 is 40.1 Å². The molecule has 0 radical (unpaired) electrons. The average Bonchev–Trinajstić information content (AvgIpc) is 2.49. The Bertz CT molecular complexity index is 659. The maximum absolute atomic E-state index is 12.3. The Balaban J connectivity index is 2.08. The highest BCUT2D eigenvalue weighted by molar-refractivity contribution is 14.1. The van der Waals surface area contributed by atoms with Crippen LogP contribution in [0.2, 0.25) is 0 Å². The van der Waals surface area contributed by atoms with Gasteiger partial charge in [0.15, 0.2) is 0 Å². The molecule has 2 aromatic rings. The van der Waals surface area contributed by atoms with Crippen molar-refractivity contribution in [1.29, 1.82) is 0 Å². The van der Waals surface area contributed by atoms with Gasteiger partial charge in [0.2, 0.25) is 11.8 Å². The van der Waals surface area contributed by atoms with E-state index in [0.29, 0.717) is 0 Å². The number of anilines is 1. The van der Waals surface area contributed by atoms with E-state index >= 15 is 0 Å². The summed E-state index contributed by atoms with van der Waals surface area (Å²) in [5.41, 5.74) is 1.69. The van der Waals surface area contributed by atoms with Crippen LogP contribution >= 0.6 is 22.6 Å². The van der Waals surface area contributed by atoms with Crippen LogP contribution in [0.5, 0.6) is 0 Å². The van der Waals surface area contributed by atoms with Crippen molar-refractivity contribution < 1.29 is 9.59 Å². The third-order valence-corrected chi connectivity index (χ3v) is 4.06. The van der Waals surface area contributed by atoms with Gasteiger partial charge in [0.05, 0.1) is 18.2 Å². The highest BCUT2D eigenvalue weighted by atomic mass is 127. The summed E-state index contributed by atoms with van der Waals surface area (Å²) >= 11 is 2.17. The predicted molar refractivity (Wildman–Crippen MR) is 95.4 cm³/mol. The van der Waals surface area contributed by atoms with E-state index in [1.807, 2.05) is 54.6 Å². The SMILES string of the molecule is CC(=O)NC(CC(=O)Nc1ccccc1I)c1ccccc1. The Morgan fingerprint density at radius 2 is 1.68 bits per heavy atom. The van der Waals surface area contributed by atoms with Gasteiger partial charge in [-0.3, -0.25) is 9.59 Å². The fourth-order valence-electron chi connectivity index (χ4n) is 2.13. The smallest absolute Gasteiger partial charge is 0.226 e. The van der Waals surface area contributed by atoms with Gasteiger partial charge in [-0.15, -0.1) is 0 Å². The Morgan fingerprint density at radius 3 is 2.32 bits per heavy atom. The molecular weight excluding hydrogens is 391 g/mol. The Kier molecular flexibility index (Phi) is 5.94. The number of hydrogen-bond acceptors (Lipinski definition) is 2. The standard InChI is InChI=1S/C17H17IN2O2/c1-12(21)19-16(13-7-3-2-4-8-13)11-17(22)20-15-10-6-5-9-14(15)18/h2-10,16H,11H2,1H3,(H,19,21)(H,20,22). The molecule has 0 aliphatic heterocycles. The van der Waals surface area contributed by atoms with Gasteiger partial charge in [-0.25, -0.2) is 0 Å². The summed E-state index contributed by atoms with van der Waals surface area (Å²) < 4.78 is 0.976. The molecule has 2 aromatic carbocycles. The number of amides is 2. The van der Waals surface area contributed by atoms with Crippen molar-refractivity contribution in [3.05, 3.63) is 63.7 Å². The minimum absolute atomic E-state index is 0.133. The molecule has 1 unspecified atom stereocenters. The molecule has 4 nitrogen and oxygen atoms in total. The molecule has 0 saturated carbocycles. The number of rotatable bonds is 5. The van der Waals surface area contributed by atoms with Crippen molar-refractivity contribution in [2.75, 3.05) is 5.32 Å². The molecule has 0 aliphatic rings. The fourth-order valence-corrected chi connectivity index (χ4v) is 2.65. The van der Waals surface area contributed by atoms with E-state index in [2.05, 4.69) is 33.2 Å². The lowest BCUT2D eigenvalue weighted by molar-refractivity contribution is -0.120. The predicted octanol–water partition coefficient (Wildman–Crippen LogP) is 3.50. The molecule has 0 saturated heterocycles. The molecule has 0 aliphatic carbocycles. The largest absolute Gasteiger partial charge is 0.349 e. The quantitative estimate of drug-likeness (QED) is 0.745.